The van der Waals surface area contributed by atoms with Gasteiger partial charge in [0.1, 0.15) is 17.3 Å². The summed E-state index contributed by atoms with van der Waals surface area (Å²) < 4.78 is 5.27. The predicted octanol–water partition coefficient (Wildman–Crippen LogP) is 3.16. The monoisotopic (exact) mass is 377 g/mol. The van der Waals surface area contributed by atoms with Gasteiger partial charge >= 0.3 is 0 Å². The molecule has 0 saturated carbocycles. The second-order valence-corrected chi connectivity index (χ2v) is 7.31. The van der Waals surface area contributed by atoms with Crippen LogP contribution in [-0.2, 0) is 6.42 Å². The van der Waals surface area contributed by atoms with Gasteiger partial charge in [0.05, 0.1) is 17.0 Å². The fourth-order valence-electron chi connectivity index (χ4n) is 3.80. The zero-order valence-electron chi connectivity index (χ0n) is 16.3. The maximum Gasteiger partial charge on any atom is 0.272 e. The van der Waals surface area contributed by atoms with Gasteiger partial charge < -0.3 is 9.42 Å². The Balaban J connectivity index is 1.45. The number of carbonyl (C=O) groups excluding carboxylic acids is 1. The summed E-state index contributed by atoms with van der Waals surface area (Å²) in [4.78, 5) is 27.7. The Bertz CT molecular complexity index is 994. The summed E-state index contributed by atoms with van der Waals surface area (Å²) in [7, 11) is 0. The maximum absolute atomic E-state index is 12.7. The van der Waals surface area contributed by atoms with Crippen LogP contribution in [0.3, 0.4) is 0 Å². The number of amides is 1. The molecule has 4 heterocycles. The van der Waals surface area contributed by atoms with Crippen molar-refractivity contribution in [1.82, 2.24) is 25.0 Å². The molecule has 1 aliphatic rings. The molecule has 0 aromatic carbocycles. The minimum atomic E-state index is -0.0227. The summed E-state index contributed by atoms with van der Waals surface area (Å²) in [6, 6.07) is 7.72. The van der Waals surface area contributed by atoms with E-state index in [-0.39, 0.29) is 5.91 Å². The van der Waals surface area contributed by atoms with E-state index < -0.39 is 0 Å². The molecule has 3 aromatic heterocycles. The molecule has 1 amide bonds. The number of hydrogen-bond acceptors (Lipinski definition) is 6. The van der Waals surface area contributed by atoms with Gasteiger partial charge in [0.25, 0.3) is 5.91 Å². The van der Waals surface area contributed by atoms with Crippen molar-refractivity contribution in [2.24, 2.45) is 5.92 Å². The summed E-state index contributed by atoms with van der Waals surface area (Å²) >= 11 is 0. The molecule has 0 N–H and O–H groups in total. The van der Waals surface area contributed by atoms with Gasteiger partial charge in [-0.3, -0.25) is 9.78 Å². The highest BCUT2D eigenvalue weighted by molar-refractivity contribution is 5.92. The average Bonchev–Trinajstić information content (AvgIpc) is 3.28. The summed E-state index contributed by atoms with van der Waals surface area (Å²) in [6.45, 7) is 7.09. The van der Waals surface area contributed by atoms with E-state index in [2.05, 4.69) is 15.1 Å². The molecule has 4 rings (SSSR count). The molecule has 1 saturated heterocycles. The van der Waals surface area contributed by atoms with E-state index >= 15 is 0 Å². The number of carbonyl (C=O) groups is 1. The largest absolute Gasteiger partial charge is 0.361 e. The lowest BCUT2D eigenvalue weighted by molar-refractivity contribution is 0.0780. The van der Waals surface area contributed by atoms with Gasteiger partial charge in [-0.05, 0) is 57.7 Å². The second kappa shape index (κ2) is 7.50. The zero-order chi connectivity index (χ0) is 19.7. The number of aryl methyl sites for hydroxylation is 3. The molecule has 144 valence electrons. The Morgan fingerprint density at radius 3 is 2.82 bits per heavy atom. The number of hydrogen-bond donors (Lipinski definition) is 0. The third-order valence-electron chi connectivity index (χ3n) is 5.16. The highest BCUT2D eigenvalue weighted by Gasteiger charge is 2.28. The van der Waals surface area contributed by atoms with Crippen LogP contribution in [0.2, 0.25) is 0 Å². The van der Waals surface area contributed by atoms with Gasteiger partial charge in [0, 0.05) is 25.0 Å². The van der Waals surface area contributed by atoms with Gasteiger partial charge in [0.15, 0.2) is 0 Å². The minimum absolute atomic E-state index is 0.0227. The Hall–Kier alpha value is -3.09. The molecule has 0 aliphatic carbocycles. The van der Waals surface area contributed by atoms with E-state index in [1.54, 1.807) is 19.2 Å². The van der Waals surface area contributed by atoms with Crippen molar-refractivity contribution in [2.75, 3.05) is 13.1 Å². The summed E-state index contributed by atoms with van der Waals surface area (Å²) in [5.74, 6) is 1.76. The topological polar surface area (TPSA) is 85.0 Å². The van der Waals surface area contributed by atoms with Crippen molar-refractivity contribution in [3.63, 3.8) is 0 Å². The van der Waals surface area contributed by atoms with E-state index in [4.69, 9.17) is 9.51 Å². The first-order chi connectivity index (χ1) is 13.5. The van der Waals surface area contributed by atoms with Crippen molar-refractivity contribution >= 4 is 5.91 Å². The summed E-state index contributed by atoms with van der Waals surface area (Å²) in [5, 5.41) is 4.02. The normalized spacial score (nSPS) is 16.5. The number of pyridine rings is 1. The van der Waals surface area contributed by atoms with Crippen molar-refractivity contribution in [3.05, 3.63) is 59.1 Å². The molecular weight excluding hydrogens is 354 g/mol. The van der Waals surface area contributed by atoms with Crippen LogP contribution in [0, 0.1) is 26.7 Å². The second-order valence-electron chi connectivity index (χ2n) is 7.31. The molecular formula is C21H23N5O2. The van der Waals surface area contributed by atoms with Crippen LogP contribution in [0.5, 0.6) is 0 Å². The summed E-state index contributed by atoms with van der Waals surface area (Å²) in [6.07, 6.45) is 3.43. The van der Waals surface area contributed by atoms with E-state index in [0.717, 1.165) is 54.3 Å². The number of nitrogens with zero attached hydrogens (tertiary/aromatic N) is 5. The Labute approximate surface area is 163 Å². The molecule has 1 aliphatic heterocycles. The van der Waals surface area contributed by atoms with Crippen LogP contribution in [0.15, 0.2) is 35.0 Å². The minimum Gasteiger partial charge on any atom is -0.361 e. The van der Waals surface area contributed by atoms with Crippen LogP contribution in [0.25, 0.3) is 11.3 Å². The van der Waals surface area contributed by atoms with Crippen LogP contribution in [0.1, 0.15) is 39.9 Å². The lowest BCUT2D eigenvalue weighted by Crippen LogP contribution is -2.29. The lowest BCUT2D eigenvalue weighted by atomic mass is 10.0. The molecule has 1 fully saturated rings. The number of aromatic nitrogens is 4. The molecule has 7 nitrogen and oxygen atoms in total. The van der Waals surface area contributed by atoms with Crippen molar-refractivity contribution in [3.8, 4) is 11.3 Å². The smallest absolute Gasteiger partial charge is 0.272 e. The Kier molecular flexibility index (Phi) is 4.90. The van der Waals surface area contributed by atoms with Gasteiger partial charge in [-0.15, -0.1) is 0 Å². The lowest BCUT2D eigenvalue weighted by Gasteiger charge is -2.16. The SMILES string of the molecule is Cc1nccc(C(=O)N2CC[C@@H](Cc3cccc(-c4c(C)noc4C)n3)C2)n1. The molecule has 28 heavy (non-hydrogen) atoms. The fraction of sp³-hybridized carbons (Fsp3) is 0.381. The maximum atomic E-state index is 12.7. The van der Waals surface area contributed by atoms with Gasteiger partial charge in [-0.1, -0.05) is 11.2 Å². The Morgan fingerprint density at radius 2 is 2.07 bits per heavy atom. The molecule has 0 bridgehead atoms. The van der Waals surface area contributed by atoms with Gasteiger partial charge in [-0.2, -0.15) is 0 Å². The van der Waals surface area contributed by atoms with E-state index in [1.165, 1.54) is 0 Å². The van der Waals surface area contributed by atoms with Crippen LogP contribution >= 0.6 is 0 Å². The Morgan fingerprint density at radius 1 is 1.21 bits per heavy atom. The van der Waals surface area contributed by atoms with Gasteiger partial charge in [0.2, 0.25) is 0 Å². The first-order valence-corrected chi connectivity index (χ1v) is 9.49. The molecule has 3 aromatic rings. The predicted molar refractivity (Wildman–Crippen MR) is 104 cm³/mol. The van der Waals surface area contributed by atoms with E-state index in [0.29, 0.717) is 17.4 Å². The fourth-order valence-corrected chi connectivity index (χ4v) is 3.80. The third kappa shape index (κ3) is 3.65. The molecule has 0 radical (unpaired) electrons. The summed E-state index contributed by atoms with van der Waals surface area (Å²) in [5.41, 5.74) is 4.18. The van der Waals surface area contributed by atoms with Crippen LogP contribution in [0.4, 0.5) is 0 Å². The quantitative estimate of drug-likeness (QED) is 0.694. The van der Waals surface area contributed by atoms with E-state index in [1.807, 2.05) is 36.9 Å². The van der Waals surface area contributed by atoms with Crippen molar-refractivity contribution in [2.45, 2.75) is 33.6 Å². The highest BCUT2D eigenvalue weighted by Crippen LogP contribution is 2.27. The third-order valence-corrected chi connectivity index (χ3v) is 5.16. The molecule has 0 spiro atoms. The number of rotatable bonds is 4. The average molecular weight is 377 g/mol. The molecule has 7 heteroatoms. The first kappa shape index (κ1) is 18.3. The molecule has 1 atom stereocenters. The standard InChI is InChI=1S/C21H23N5O2/c1-13-20(14(2)28-25-13)18-6-4-5-17(24-18)11-16-8-10-26(12-16)21(27)19-7-9-22-15(3)23-19/h4-7,9,16H,8,10-12H2,1-3H3/t16-/m0/s1. The highest BCUT2D eigenvalue weighted by atomic mass is 16.5. The van der Waals surface area contributed by atoms with E-state index in [9.17, 15) is 4.79 Å². The van der Waals surface area contributed by atoms with Crippen molar-refractivity contribution in [1.29, 1.82) is 0 Å². The zero-order valence-corrected chi connectivity index (χ0v) is 16.3. The van der Waals surface area contributed by atoms with Gasteiger partial charge in [-0.25, -0.2) is 9.97 Å². The number of likely N-dealkylation sites (tertiary alicyclic amines) is 1. The van der Waals surface area contributed by atoms with Crippen LogP contribution in [-0.4, -0.2) is 44.0 Å². The molecule has 0 unspecified atom stereocenters. The van der Waals surface area contributed by atoms with Crippen molar-refractivity contribution < 1.29 is 9.32 Å². The van der Waals surface area contributed by atoms with Crippen LogP contribution < -0.4 is 0 Å². The first-order valence-electron chi connectivity index (χ1n) is 9.49.